The summed E-state index contributed by atoms with van der Waals surface area (Å²) in [4.78, 5) is 9.32. The topological polar surface area (TPSA) is 44.9 Å². The lowest BCUT2D eigenvalue weighted by Gasteiger charge is -2.31. The molecule has 0 unspecified atom stereocenters. The summed E-state index contributed by atoms with van der Waals surface area (Å²) < 4.78 is 0. The molecule has 1 fully saturated rings. The van der Waals surface area contributed by atoms with Gasteiger partial charge >= 0.3 is 0 Å². The number of likely N-dealkylation sites (tertiary alicyclic amines) is 1. The lowest BCUT2D eigenvalue weighted by molar-refractivity contribution is 0.277. The second kappa shape index (κ2) is 10.9. The summed E-state index contributed by atoms with van der Waals surface area (Å²) in [6.07, 6.45) is 2.43. The molecule has 2 rings (SSSR count). The van der Waals surface area contributed by atoms with Crippen LogP contribution < -0.4 is 5.73 Å². The van der Waals surface area contributed by atoms with Crippen molar-refractivity contribution >= 4 is 29.9 Å². The third-order valence-electron chi connectivity index (χ3n) is 4.93. The van der Waals surface area contributed by atoms with Gasteiger partial charge in [-0.25, -0.2) is 4.99 Å². The Balaban J connectivity index is 0.00000288. The smallest absolute Gasteiger partial charge is 0.191 e. The molecule has 5 heteroatoms. The number of nitrogens with two attached hydrogens (primary N) is 1. The quantitative estimate of drug-likeness (QED) is 0.414. The van der Waals surface area contributed by atoms with Gasteiger partial charge in [-0.1, -0.05) is 45.0 Å². The van der Waals surface area contributed by atoms with Gasteiger partial charge in [0.15, 0.2) is 5.96 Å². The second-order valence-electron chi connectivity index (χ2n) is 6.57. The average molecular weight is 444 g/mol. The Kier molecular flexibility index (Phi) is 9.66. The van der Waals surface area contributed by atoms with Crippen molar-refractivity contribution in [1.29, 1.82) is 0 Å². The van der Waals surface area contributed by atoms with Crippen LogP contribution in [0.25, 0.3) is 0 Å². The van der Waals surface area contributed by atoms with E-state index in [2.05, 4.69) is 59.8 Å². The molecule has 136 valence electrons. The van der Waals surface area contributed by atoms with E-state index in [0.717, 1.165) is 38.6 Å². The molecule has 2 N–H and O–H groups in total. The van der Waals surface area contributed by atoms with Gasteiger partial charge in [0.1, 0.15) is 0 Å². The Bertz CT molecular complexity index is 506. The molecule has 0 aromatic heterocycles. The number of benzene rings is 1. The van der Waals surface area contributed by atoms with E-state index in [1.807, 2.05) is 0 Å². The number of halogens is 1. The Morgan fingerprint density at radius 1 is 1.17 bits per heavy atom. The molecule has 0 spiro atoms. The second-order valence-corrected chi connectivity index (χ2v) is 6.57. The van der Waals surface area contributed by atoms with Gasteiger partial charge in [0.25, 0.3) is 0 Å². The van der Waals surface area contributed by atoms with Crippen LogP contribution in [-0.2, 0) is 13.1 Å². The maximum absolute atomic E-state index is 6.21. The van der Waals surface area contributed by atoms with Crippen molar-refractivity contribution in [3.63, 3.8) is 0 Å². The minimum atomic E-state index is 0. The van der Waals surface area contributed by atoms with Crippen molar-refractivity contribution in [2.24, 2.45) is 16.6 Å². The van der Waals surface area contributed by atoms with Crippen LogP contribution in [0.1, 0.15) is 44.7 Å². The summed E-state index contributed by atoms with van der Waals surface area (Å²) in [6.45, 7) is 12.6. The van der Waals surface area contributed by atoms with Crippen LogP contribution in [0.3, 0.4) is 0 Å². The van der Waals surface area contributed by atoms with Gasteiger partial charge in [0.05, 0.1) is 6.54 Å². The highest BCUT2D eigenvalue weighted by Gasteiger charge is 2.17. The minimum Gasteiger partial charge on any atom is -0.370 e. The fourth-order valence-electron chi connectivity index (χ4n) is 3.06. The van der Waals surface area contributed by atoms with Crippen molar-refractivity contribution in [1.82, 2.24) is 9.80 Å². The summed E-state index contributed by atoms with van der Waals surface area (Å²) in [6, 6.07) is 8.59. The van der Waals surface area contributed by atoms with Crippen LogP contribution in [0.15, 0.2) is 29.3 Å². The van der Waals surface area contributed by atoms with Crippen LogP contribution in [0.4, 0.5) is 0 Å². The zero-order chi connectivity index (χ0) is 16.7. The molecule has 1 aromatic carbocycles. The fraction of sp³-hybridized carbons (Fsp3) is 0.632. The average Bonchev–Trinajstić information content (AvgIpc) is 2.59. The first kappa shape index (κ1) is 21.2. The molecule has 1 aliphatic rings. The Labute approximate surface area is 164 Å². The minimum absolute atomic E-state index is 0. The summed E-state index contributed by atoms with van der Waals surface area (Å²) >= 11 is 0. The Morgan fingerprint density at radius 2 is 1.75 bits per heavy atom. The van der Waals surface area contributed by atoms with E-state index >= 15 is 0 Å². The van der Waals surface area contributed by atoms with Crippen LogP contribution >= 0.6 is 24.0 Å². The summed E-state index contributed by atoms with van der Waals surface area (Å²) in [5, 5.41) is 0. The molecule has 1 aromatic rings. The molecular formula is C19H33IN4. The van der Waals surface area contributed by atoms with E-state index in [-0.39, 0.29) is 24.0 Å². The van der Waals surface area contributed by atoms with E-state index in [0.29, 0.717) is 12.5 Å². The summed E-state index contributed by atoms with van der Waals surface area (Å²) in [5.41, 5.74) is 8.86. The molecule has 0 atom stereocenters. The third kappa shape index (κ3) is 6.24. The number of hydrogen-bond acceptors (Lipinski definition) is 2. The standard InChI is InChI=1S/C19H32N4.HI/c1-4-22(5-2)15-18-9-7-6-8-17(18)14-21-19(20)23-12-10-16(3)11-13-23;/h6-9,16H,4-5,10-15H2,1-3H3,(H2,20,21);1H. The van der Waals surface area contributed by atoms with Gasteiger partial charge in [0, 0.05) is 19.6 Å². The number of guanidine groups is 1. The molecule has 24 heavy (non-hydrogen) atoms. The summed E-state index contributed by atoms with van der Waals surface area (Å²) in [5.74, 6) is 1.52. The van der Waals surface area contributed by atoms with Gasteiger partial charge < -0.3 is 10.6 Å². The number of aliphatic imine (C=N–C) groups is 1. The van der Waals surface area contributed by atoms with Crippen LogP contribution in [0, 0.1) is 5.92 Å². The SMILES string of the molecule is CCN(CC)Cc1ccccc1CN=C(N)N1CCC(C)CC1.I. The predicted octanol–water partition coefficient (Wildman–Crippen LogP) is 3.69. The highest BCUT2D eigenvalue weighted by atomic mass is 127. The maximum Gasteiger partial charge on any atom is 0.191 e. The monoisotopic (exact) mass is 444 g/mol. The van der Waals surface area contributed by atoms with Gasteiger partial charge in [-0.15, -0.1) is 24.0 Å². The van der Waals surface area contributed by atoms with Gasteiger partial charge in [0.2, 0.25) is 0 Å². The summed E-state index contributed by atoms with van der Waals surface area (Å²) in [7, 11) is 0. The zero-order valence-electron chi connectivity index (χ0n) is 15.4. The maximum atomic E-state index is 6.21. The molecule has 1 heterocycles. The van der Waals surface area contributed by atoms with E-state index < -0.39 is 0 Å². The highest BCUT2D eigenvalue weighted by Crippen LogP contribution is 2.16. The van der Waals surface area contributed by atoms with Crippen molar-refractivity contribution in [2.75, 3.05) is 26.2 Å². The number of rotatable bonds is 6. The molecule has 0 radical (unpaired) electrons. The van der Waals surface area contributed by atoms with E-state index in [4.69, 9.17) is 5.73 Å². The van der Waals surface area contributed by atoms with E-state index in [1.54, 1.807) is 0 Å². The molecular weight excluding hydrogens is 411 g/mol. The molecule has 0 aliphatic carbocycles. The molecule has 4 nitrogen and oxygen atoms in total. The third-order valence-corrected chi connectivity index (χ3v) is 4.93. The normalized spacial score (nSPS) is 16.3. The lowest BCUT2D eigenvalue weighted by atomic mass is 10.00. The molecule has 1 saturated heterocycles. The van der Waals surface area contributed by atoms with Crippen LogP contribution in [0.2, 0.25) is 0 Å². The molecule has 1 aliphatic heterocycles. The van der Waals surface area contributed by atoms with Gasteiger partial charge in [-0.2, -0.15) is 0 Å². The first-order valence-electron chi connectivity index (χ1n) is 8.98. The Morgan fingerprint density at radius 3 is 2.33 bits per heavy atom. The van der Waals surface area contributed by atoms with Gasteiger partial charge in [-0.3, -0.25) is 4.90 Å². The van der Waals surface area contributed by atoms with Crippen molar-refractivity contribution in [3.05, 3.63) is 35.4 Å². The highest BCUT2D eigenvalue weighted by molar-refractivity contribution is 14.0. The Hall–Kier alpha value is -0.820. The number of hydrogen-bond donors (Lipinski definition) is 1. The van der Waals surface area contributed by atoms with Crippen LogP contribution in [-0.4, -0.2) is 41.9 Å². The van der Waals surface area contributed by atoms with Crippen LogP contribution in [0.5, 0.6) is 0 Å². The molecule has 0 amide bonds. The van der Waals surface area contributed by atoms with Gasteiger partial charge in [-0.05, 0) is 43.0 Å². The number of piperidine rings is 1. The molecule has 0 bridgehead atoms. The van der Waals surface area contributed by atoms with E-state index in [1.165, 1.54) is 24.0 Å². The fourth-order valence-corrected chi connectivity index (χ4v) is 3.06. The number of nitrogens with zero attached hydrogens (tertiary/aromatic N) is 3. The largest absolute Gasteiger partial charge is 0.370 e. The van der Waals surface area contributed by atoms with Crippen molar-refractivity contribution < 1.29 is 0 Å². The van der Waals surface area contributed by atoms with Crippen molar-refractivity contribution in [2.45, 2.75) is 46.7 Å². The predicted molar refractivity (Wildman–Crippen MR) is 114 cm³/mol. The van der Waals surface area contributed by atoms with Crippen molar-refractivity contribution in [3.8, 4) is 0 Å². The lowest BCUT2D eigenvalue weighted by Crippen LogP contribution is -2.42. The zero-order valence-corrected chi connectivity index (χ0v) is 17.7. The first-order valence-corrected chi connectivity index (χ1v) is 8.98. The van der Waals surface area contributed by atoms with E-state index in [9.17, 15) is 0 Å². The molecule has 0 saturated carbocycles. The first-order chi connectivity index (χ1) is 11.1.